The summed E-state index contributed by atoms with van der Waals surface area (Å²) in [5.41, 5.74) is 3.65. The minimum atomic E-state index is -0.229. The summed E-state index contributed by atoms with van der Waals surface area (Å²) >= 11 is 14.0. The summed E-state index contributed by atoms with van der Waals surface area (Å²) in [5, 5.41) is 11.0. The summed E-state index contributed by atoms with van der Waals surface area (Å²) in [7, 11) is 0. The topological polar surface area (TPSA) is 61.1 Å². The van der Waals surface area contributed by atoms with Crippen molar-refractivity contribution in [3.05, 3.63) is 56.9 Å². The Bertz CT molecular complexity index is 749. The zero-order valence-corrected chi connectivity index (χ0v) is 13.9. The van der Waals surface area contributed by atoms with Crippen LogP contribution in [0.2, 0.25) is 10.0 Å². The van der Waals surface area contributed by atoms with Gasteiger partial charge in [-0.2, -0.15) is 5.26 Å². The van der Waals surface area contributed by atoms with Crippen LogP contribution in [0.4, 0.5) is 5.69 Å². The lowest BCUT2D eigenvalue weighted by Gasteiger charge is -2.18. The number of benzene rings is 1. The predicted molar refractivity (Wildman–Crippen MR) is 91.5 cm³/mol. The maximum absolute atomic E-state index is 11.9. The quantitative estimate of drug-likeness (QED) is 0.385. The van der Waals surface area contributed by atoms with Crippen LogP contribution in [0.5, 0.6) is 0 Å². The van der Waals surface area contributed by atoms with Crippen molar-refractivity contribution in [3.8, 4) is 11.9 Å². The molecule has 8 heteroatoms. The summed E-state index contributed by atoms with van der Waals surface area (Å²) in [6, 6.07) is 8.02. The van der Waals surface area contributed by atoms with Crippen molar-refractivity contribution < 1.29 is 0 Å². The van der Waals surface area contributed by atoms with Gasteiger partial charge in [-0.15, -0.1) is 11.8 Å². The number of pyridine rings is 1. The molecule has 0 saturated heterocycles. The molecule has 2 rings (SSSR count). The number of thioether (sulfide) groups is 1. The fraction of sp³-hybridized carbons (Fsp3) is 0.143. The van der Waals surface area contributed by atoms with Crippen LogP contribution in [0.3, 0.4) is 0 Å². The third-order valence-corrected chi connectivity index (χ3v) is 3.82. The van der Waals surface area contributed by atoms with Crippen molar-refractivity contribution in [1.82, 2.24) is 9.58 Å². The highest BCUT2D eigenvalue weighted by Gasteiger charge is 2.12. The lowest BCUT2D eigenvalue weighted by molar-refractivity contribution is 0.552. The predicted octanol–water partition coefficient (Wildman–Crippen LogP) is 3.57. The Hall–Kier alpha value is -1.81. The fourth-order valence-electron chi connectivity index (χ4n) is 1.84. The van der Waals surface area contributed by atoms with Gasteiger partial charge in [0.15, 0.2) is 0 Å². The first kappa shape index (κ1) is 16.6. The molecule has 0 saturated carbocycles. The van der Waals surface area contributed by atoms with E-state index in [-0.39, 0.29) is 5.56 Å². The second kappa shape index (κ2) is 7.45. The Morgan fingerprint density at radius 2 is 2.05 bits per heavy atom. The van der Waals surface area contributed by atoms with E-state index in [4.69, 9.17) is 28.5 Å². The number of anilines is 1. The minimum Gasteiger partial charge on any atom is -0.289 e. The summed E-state index contributed by atoms with van der Waals surface area (Å²) in [4.78, 5) is 11.9. The van der Waals surface area contributed by atoms with Crippen molar-refractivity contribution >= 4 is 40.7 Å². The molecule has 1 heterocycles. The molecule has 0 unspecified atom stereocenters. The first-order valence-corrected chi connectivity index (χ1v) is 8.31. The van der Waals surface area contributed by atoms with E-state index in [1.807, 2.05) is 12.4 Å². The first-order chi connectivity index (χ1) is 10.6. The van der Waals surface area contributed by atoms with E-state index in [1.54, 1.807) is 30.5 Å². The van der Waals surface area contributed by atoms with Crippen LogP contribution in [-0.2, 0) is 0 Å². The second-order valence-electron chi connectivity index (χ2n) is 4.25. The van der Waals surface area contributed by atoms with E-state index >= 15 is 0 Å². The molecule has 0 aliphatic rings. The van der Waals surface area contributed by atoms with Crippen molar-refractivity contribution in [3.63, 3.8) is 0 Å². The maximum atomic E-state index is 11.9. The molecule has 1 N–H and O–H groups in total. The van der Waals surface area contributed by atoms with Crippen molar-refractivity contribution in [2.24, 2.45) is 0 Å². The summed E-state index contributed by atoms with van der Waals surface area (Å²) in [6.45, 7) is 0. The average molecular weight is 355 g/mol. The minimum absolute atomic E-state index is 0.229. The van der Waals surface area contributed by atoms with Gasteiger partial charge in [0.25, 0.3) is 5.56 Å². The van der Waals surface area contributed by atoms with Gasteiger partial charge in [-0.1, -0.05) is 29.3 Å². The van der Waals surface area contributed by atoms with Gasteiger partial charge in [0.2, 0.25) is 6.19 Å². The Morgan fingerprint density at radius 1 is 1.36 bits per heavy atom. The Balaban J connectivity index is 2.40. The number of nitriles is 1. The molecular weight excluding hydrogens is 343 g/mol. The molecule has 0 aliphatic carbocycles. The Labute approximate surface area is 142 Å². The SMILES string of the molecule is CSCN(C#N)Nc1cc(Cl)c(-n2ccccc2=O)c(Cl)c1. The van der Waals surface area contributed by atoms with Gasteiger partial charge in [0.05, 0.1) is 27.3 Å². The normalized spacial score (nSPS) is 10.1. The van der Waals surface area contributed by atoms with Crippen LogP contribution in [0.25, 0.3) is 5.69 Å². The molecule has 0 atom stereocenters. The average Bonchev–Trinajstić information content (AvgIpc) is 2.48. The number of hydrazine groups is 1. The number of nitrogens with zero attached hydrogens (tertiary/aromatic N) is 3. The van der Waals surface area contributed by atoms with Crippen LogP contribution in [-0.4, -0.2) is 21.7 Å². The van der Waals surface area contributed by atoms with Crippen molar-refractivity contribution in [2.75, 3.05) is 17.6 Å². The number of aromatic nitrogens is 1. The highest BCUT2D eigenvalue weighted by Crippen LogP contribution is 2.31. The van der Waals surface area contributed by atoms with Gasteiger partial charge < -0.3 is 0 Å². The molecule has 0 bridgehead atoms. The molecule has 0 amide bonds. The summed E-state index contributed by atoms with van der Waals surface area (Å²) < 4.78 is 1.37. The van der Waals surface area contributed by atoms with E-state index in [2.05, 4.69) is 5.43 Å². The molecule has 0 radical (unpaired) electrons. The molecule has 2 aromatic rings. The van der Waals surface area contributed by atoms with E-state index < -0.39 is 0 Å². The van der Waals surface area contributed by atoms with Gasteiger partial charge in [0.1, 0.15) is 0 Å². The van der Waals surface area contributed by atoms with Gasteiger partial charge in [-0.3, -0.25) is 14.8 Å². The summed E-state index contributed by atoms with van der Waals surface area (Å²) in [5.74, 6) is 0.478. The van der Waals surface area contributed by atoms with E-state index in [0.29, 0.717) is 27.3 Å². The highest BCUT2D eigenvalue weighted by atomic mass is 35.5. The molecule has 0 fully saturated rings. The van der Waals surface area contributed by atoms with Crippen LogP contribution < -0.4 is 11.0 Å². The highest BCUT2D eigenvalue weighted by molar-refractivity contribution is 7.98. The zero-order valence-electron chi connectivity index (χ0n) is 11.6. The largest absolute Gasteiger partial charge is 0.289 e. The zero-order chi connectivity index (χ0) is 16.1. The molecule has 114 valence electrons. The van der Waals surface area contributed by atoms with Gasteiger partial charge >= 0.3 is 0 Å². The van der Waals surface area contributed by atoms with Gasteiger partial charge in [0, 0.05) is 12.3 Å². The Kier molecular flexibility index (Phi) is 5.61. The van der Waals surface area contributed by atoms with Crippen LogP contribution in [0, 0.1) is 11.5 Å². The Morgan fingerprint density at radius 3 is 2.59 bits per heavy atom. The lowest BCUT2D eigenvalue weighted by Crippen LogP contribution is -2.24. The van der Waals surface area contributed by atoms with Crippen LogP contribution >= 0.6 is 35.0 Å². The monoisotopic (exact) mass is 354 g/mol. The van der Waals surface area contributed by atoms with Crippen LogP contribution in [0.15, 0.2) is 41.3 Å². The van der Waals surface area contributed by atoms with Crippen molar-refractivity contribution in [2.45, 2.75) is 0 Å². The fourth-order valence-corrected chi connectivity index (χ4v) is 2.89. The molecule has 1 aromatic heterocycles. The third-order valence-electron chi connectivity index (χ3n) is 2.72. The number of rotatable bonds is 5. The smallest absolute Gasteiger partial charge is 0.255 e. The van der Waals surface area contributed by atoms with E-state index in [1.165, 1.54) is 27.4 Å². The molecule has 22 heavy (non-hydrogen) atoms. The number of halogens is 2. The number of nitrogens with one attached hydrogen (secondary N) is 1. The van der Waals surface area contributed by atoms with Crippen LogP contribution in [0.1, 0.15) is 0 Å². The molecule has 0 aliphatic heterocycles. The molecule has 5 nitrogen and oxygen atoms in total. The standard InChI is InChI=1S/C14H12Cl2N4OS/c1-22-9-19(8-17)18-10-6-11(15)14(12(16)7-10)20-5-3-2-4-13(20)21/h2-7,18H,9H2,1H3. The van der Waals surface area contributed by atoms with Crippen molar-refractivity contribution in [1.29, 1.82) is 5.26 Å². The molecule has 0 spiro atoms. The number of hydrogen-bond donors (Lipinski definition) is 1. The summed E-state index contributed by atoms with van der Waals surface area (Å²) in [6.07, 6.45) is 5.49. The van der Waals surface area contributed by atoms with Gasteiger partial charge in [-0.25, -0.2) is 5.01 Å². The molecule has 1 aromatic carbocycles. The second-order valence-corrected chi connectivity index (χ2v) is 5.90. The van der Waals surface area contributed by atoms with E-state index in [0.717, 1.165) is 0 Å². The van der Waals surface area contributed by atoms with E-state index in [9.17, 15) is 4.79 Å². The first-order valence-electron chi connectivity index (χ1n) is 6.16. The maximum Gasteiger partial charge on any atom is 0.255 e. The lowest BCUT2D eigenvalue weighted by atomic mass is 10.2. The molecular formula is C14H12Cl2N4OS. The number of hydrogen-bond acceptors (Lipinski definition) is 5. The van der Waals surface area contributed by atoms with Gasteiger partial charge in [-0.05, 0) is 24.5 Å². The third kappa shape index (κ3) is 3.69.